The molecule has 0 spiro atoms. The molecule has 1 aliphatic carbocycles. The monoisotopic (exact) mass is 437 g/mol. The number of amides is 1. The average Bonchev–Trinajstić information content (AvgIpc) is 3.69. The molecule has 0 radical (unpaired) electrons. The standard InChI is InChI=1S/C29H31N3O/c33-28(29(15-16-29)25-12-5-2-6-13-25)31-20-24-11-7-8-14-27(24)32-18-17-30(21-26(32)22-31)19-23-9-3-1-4-10-23/h1-14,26H,15-22H2. The Kier molecular flexibility index (Phi) is 5.18. The van der Waals surface area contributed by atoms with E-state index in [1.807, 2.05) is 6.07 Å². The van der Waals surface area contributed by atoms with Crippen LogP contribution in [0.4, 0.5) is 5.69 Å². The van der Waals surface area contributed by atoms with Crippen LogP contribution in [0.2, 0.25) is 0 Å². The first-order chi connectivity index (χ1) is 16.2. The molecular formula is C29H31N3O. The molecule has 2 fully saturated rings. The minimum atomic E-state index is -0.316. The van der Waals surface area contributed by atoms with Crippen LogP contribution >= 0.6 is 0 Å². The fraction of sp³-hybridized carbons (Fsp3) is 0.345. The molecule has 33 heavy (non-hydrogen) atoms. The lowest BCUT2D eigenvalue weighted by Crippen LogP contribution is -2.57. The van der Waals surface area contributed by atoms with Crippen molar-refractivity contribution in [2.45, 2.75) is 37.4 Å². The molecule has 1 unspecified atom stereocenters. The van der Waals surface area contributed by atoms with Gasteiger partial charge in [0, 0.05) is 45.0 Å². The number of rotatable bonds is 4. The molecule has 1 saturated carbocycles. The number of carbonyl (C=O) groups is 1. The van der Waals surface area contributed by atoms with Gasteiger partial charge in [-0.2, -0.15) is 0 Å². The van der Waals surface area contributed by atoms with Crippen molar-refractivity contribution >= 4 is 11.6 Å². The molecule has 0 N–H and O–H groups in total. The van der Waals surface area contributed by atoms with Gasteiger partial charge in [-0.3, -0.25) is 9.69 Å². The molecule has 2 aliphatic heterocycles. The van der Waals surface area contributed by atoms with Gasteiger partial charge in [-0.1, -0.05) is 78.9 Å². The summed E-state index contributed by atoms with van der Waals surface area (Å²) in [6, 6.07) is 30.1. The summed E-state index contributed by atoms with van der Waals surface area (Å²) in [5.41, 5.74) is 4.80. The van der Waals surface area contributed by atoms with Gasteiger partial charge >= 0.3 is 0 Å². The first-order valence-corrected chi connectivity index (χ1v) is 12.2. The zero-order chi connectivity index (χ0) is 22.3. The van der Waals surface area contributed by atoms with Crippen LogP contribution in [-0.4, -0.2) is 47.9 Å². The molecule has 4 nitrogen and oxygen atoms in total. The fourth-order valence-electron chi connectivity index (χ4n) is 5.79. The van der Waals surface area contributed by atoms with E-state index in [-0.39, 0.29) is 5.41 Å². The highest BCUT2D eigenvalue weighted by Crippen LogP contribution is 2.50. The largest absolute Gasteiger partial charge is 0.364 e. The summed E-state index contributed by atoms with van der Waals surface area (Å²) in [5, 5.41) is 0. The number of hydrogen-bond acceptors (Lipinski definition) is 3. The summed E-state index contributed by atoms with van der Waals surface area (Å²) in [7, 11) is 0. The van der Waals surface area contributed by atoms with Crippen molar-refractivity contribution in [2.24, 2.45) is 0 Å². The number of para-hydroxylation sites is 1. The van der Waals surface area contributed by atoms with Gasteiger partial charge in [0.2, 0.25) is 5.91 Å². The molecule has 1 atom stereocenters. The molecule has 1 saturated heterocycles. The number of carbonyl (C=O) groups excluding carboxylic acids is 1. The second-order valence-corrected chi connectivity index (χ2v) is 9.83. The molecule has 3 aromatic rings. The first kappa shape index (κ1) is 20.5. The maximum Gasteiger partial charge on any atom is 0.233 e. The van der Waals surface area contributed by atoms with Gasteiger partial charge in [0.15, 0.2) is 0 Å². The second-order valence-electron chi connectivity index (χ2n) is 9.83. The SMILES string of the molecule is O=C(N1Cc2ccccc2N2CCN(Cc3ccccc3)CC2C1)C1(c2ccccc2)CC1. The summed E-state index contributed by atoms with van der Waals surface area (Å²) in [6.45, 7) is 5.48. The first-order valence-electron chi connectivity index (χ1n) is 12.2. The lowest BCUT2D eigenvalue weighted by atomic mass is 9.94. The van der Waals surface area contributed by atoms with Gasteiger partial charge < -0.3 is 9.80 Å². The Hall–Kier alpha value is -3.11. The third-order valence-corrected chi connectivity index (χ3v) is 7.68. The van der Waals surface area contributed by atoms with Crippen LogP contribution < -0.4 is 4.90 Å². The smallest absolute Gasteiger partial charge is 0.233 e. The minimum Gasteiger partial charge on any atom is -0.364 e. The number of anilines is 1. The second kappa shape index (κ2) is 8.35. The normalized spacial score (nSPS) is 21.6. The van der Waals surface area contributed by atoms with Gasteiger partial charge in [-0.15, -0.1) is 0 Å². The molecule has 0 aromatic heterocycles. The predicted octanol–water partition coefficient (Wildman–Crippen LogP) is 4.45. The highest BCUT2D eigenvalue weighted by Gasteiger charge is 2.53. The van der Waals surface area contributed by atoms with Crippen LogP contribution in [-0.2, 0) is 23.3 Å². The molecular weight excluding hydrogens is 406 g/mol. The number of nitrogens with zero attached hydrogens (tertiary/aromatic N) is 3. The Morgan fingerprint density at radius 3 is 2.27 bits per heavy atom. The highest BCUT2D eigenvalue weighted by atomic mass is 16.2. The molecule has 1 amide bonds. The van der Waals surface area contributed by atoms with E-state index in [1.54, 1.807) is 0 Å². The Bertz CT molecular complexity index is 1130. The molecule has 0 bridgehead atoms. The third kappa shape index (κ3) is 3.83. The van der Waals surface area contributed by atoms with E-state index in [9.17, 15) is 4.79 Å². The Morgan fingerprint density at radius 1 is 0.818 bits per heavy atom. The molecule has 168 valence electrons. The predicted molar refractivity (Wildman–Crippen MR) is 132 cm³/mol. The van der Waals surface area contributed by atoms with Crippen molar-refractivity contribution in [2.75, 3.05) is 31.1 Å². The molecule has 4 heteroatoms. The quantitative estimate of drug-likeness (QED) is 0.603. The van der Waals surface area contributed by atoms with Crippen LogP contribution in [0.3, 0.4) is 0 Å². The van der Waals surface area contributed by atoms with Crippen molar-refractivity contribution in [3.63, 3.8) is 0 Å². The number of piperazine rings is 1. The maximum absolute atomic E-state index is 14.0. The summed E-state index contributed by atoms with van der Waals surface area (Å²) >= 11 is 0. The Balaban J connectivity index is 1.28. The molecule has 3 aliphatic rings. The molecule has 3 aromatic carbocycles. The zero-order valence-corrected chi connectivity index (χ0v) is 19.1. The summed E-state index contributed by atoms with van der Waals surface area (Å²) in [5.74, 6) is 0.311. The Labute approximate surface area is 196 Å². The van der Waals surface area contributed by atoms with Gasteiger partial charge in [-0.05, 0) is 35.6 Å². The van der Waals surface area contributed by atoms with Crippen LogP contribution in [0, 0.1) is 0 Å². The highest BCUT2D eigenvalue weighted by molar-refractivity contribution is 5.91. The van der Waals surface area contributed by atoms with Gasteiger partial charge in [-0.25, -0.2) is 0 Å². The number of hydrogen-bond donors (Lipinski definition) is 0. The van der Waals surface area contributed by atoms with Crippen molar-refractivity contribution in [3.8, 4) is 0 Å². The van der Waals surface area contributed by atoms with Crippen molar-refractivity contribution in [1.82, 2.24) is 9.80 Å². The topological polar surface area (TPSA) is 26.8 Å². The van der Waals surface area contributed by atoms with E-state index < -0.39 is 0 Å². The summed E-state index contributed by atoms with van der Waals surface area (Å²) < 4.78 is 0. The van der Waals surface area contributed by atoms with E-state index in [0.29, 0.717) is 18.5 Å². The number of benzene rings is 3. The summed E-state index contributed by atoms with van der Waals surface area (Å²) in [6.07, 6.45) is 1.92. The summed E-state index contributed by atoms with van der Waals surface area (Å²) in [4.78, 5) is 21.3. The van der Waals surface area contributed by atoms with E-state index in [1.165, 1.54) is 22.4 Å². The van der Waals surface area contributed by atoms with E-state index in [0.717, 1.165) is 45.6 Å². The molecule has 6 rings (SSSR count). The number of fused-ring (bicyclic) bond motifs is 3. The van der Waals surface area contributed by atoms with Crippen molar-refractivity contribution < 1.29 is 4.79 Å². The van der Waals surface area contributed by atoms with Crippen LogP contribution in [0.5, 0.6) is 0 Å². The van der Waals surface area contributed by atoms with E-state index in [4.69, 9.17) is 0 Å². The molecule has 2 heterocycles. The lowest BCUT2D eigenvalue weighted by molar-refractivity contribution is -0.134. The lowest BCUT2D eigenvalue weighted by Gasteiger charge is -2.43. The zero-order valence-electron chi connectivity index (χ0n) is 19.1. The van der Waals surface area contributed by atoms with Crippen molar-refractivity contribution in [1.29, 1.82) is 0 Å². The van der Waals surface area contributed by atoms with Crippen LogP contribution in [0.1, 0.15) is 29.5 Å². The average molecular weight is 438 g/mol. The van der Waals surface area contributed by atoms with Crippen molar-refractivity contribution in [3.05, 3.63) is 102 Å². The van der Waals surface area contributed by atoms with E-state index in [2.05, 4.69) is 93.6 Å². The van der Waals surface area contributed by atoms with Crippen LogP contribution in [0.25, 0.3) is 0 Å². The van der Waals surface area contributed by atoms with Gasteiger partial charge in [0.25, 0.3) is 0 Å². The van der Waals surface area contributed by atoms with Gasteiger partial charge in [0.05, 0.1) is 11.5 Å². The third-order valence-electron chi connectivity index (χ3n) is 7.68. The fourth-order valence-corrected chi connectivity index (χ4v) is 5.79. The minimum absolute atomic E-state index is 0.307. The maximum atomic E-state index is 14.0. The van der Waals surface area contributed by atoms with E-state index >= 15 is 0 Å². The van der Waals surface area contributed by atoms with Crippen LogP contribution in [0.15, 0.2) is 84.9 Å². The Morgan fingerprint density at radius 2 is 1.52 bits per heavy atom. The van der Waals surface area contributed by atoms with Gasteiger partial charge in [0.1, 0.15) is 0 Å².